The van der Waals surface area contributed by atoms with Crippen LogP contribution in [-0.4, -0.2) is 51.7 Å². The maximum atomic E-state index is 12.7. The maximum Gasteiger partial charge on any atom is 0.243 e. The average Bonchev–Trinajstić information content (AvgIpc) is 2.52. The van der Waals surface area contributed by atoms with Crippen molar-refractivity contribution < 1.29 is 17.9 Å². The molecule has 2 unspecified atom stereocenters. The Labute approximate surface area is 130 Å². The predicted molar refractivity (Wildman–Crippen MR) is 82.4 cm³/mol. The summed E-state index contributed by atoms with van der Waals surface area (Å²) < 4.78 is 37.6. The zero-order valence-corrected chi connectivity index (χ0v) is 13.1. The second-order valence-electron chi connectivity index (χ2n) is 5.36. The quantitative estimate of drug-likeness (QED) is 0.816. The van der Waals surface area contributed by atoms with Gasteiger partial charge in [-0.2, -0.15) is 4.31 Å². The summed E-state index contributed by atoms with van der Waals surface area (Å²) in [4.78, 5) is 0.219. The first-order valence-corrected chi connectivity index (χ1v) is 8.49. The summed E-state index contributed by atoms with van der Waals surface area (Å²) in [5.41, 5.74) is 0.671. The lowest BCUT2D eigenvalue weighted by atomic mass is 10.0. The van der Waals surface area contributed by atoms with Crippen LogP contribution in [0.3, 0.4) is 0 Å². The molecule has 3 aliphatic rings. The zero-order valence-electron chi connectivity index (χ0n) is 12.3. The lowest BCUT2D eigenvalue weighted by Gasteiger charge is -2.46. The Kier molecular flexibility index (Phi) is 4.00. The summed E-state index contributed by atoms with van der Waals surface area (Å²) in [5, 5.41) is 3.00. The number of ether oxygens (including phenoxy) is 2. The average molecular weight is 322 g/mol. The molecule has 6 nitrogen and oxygen atoms in total. The van der Waals surface area contributed by atoms with Crippen molar-refractivity contribution in [2.24, 2.45) is 0 Å². The highest BCUT2D eigenvalue weighted by Crippen LogP contribution is 2.33. The molecule has 3 heterocycles. The number of fused-ring (bicyclic) bond motifs is 2. The monoisotopic (exact) mass is 322 g/mol. The Morgan fingerprint density at radius 2 is 2.14 bits per heavy atom. The van der Waals surface area contributed by atoms with Crippen LogP contribution in [0, 0.1) is 12.3 Å². The molecule has 2 atom stereocenters. The van der Waals surface area contributed by atoms with E-state index in [2.05, 4.69) is 11.2 Å². The van der Waals surface area contributed by atoms with Crippen molar-refractivity contribution in [1.29, 1.82) is 0 Å². The summed E-state index contributed by atoms with van der Waals surface area (Å²) in [5.74, 6) is 2.92. The van der Waals surface area contributed by atoms with E-state index < -0.39 is 10.0 Å². The summed E-state index contributed by atoms with van der Waals surface area (Å²) in [7, 11) is -2.03. The topological polar surface area (TPSA) is 67.9 Å². The number of rotatable bonds is 5. The second kappa shape index (κ2) is 5.80. The number of sulfonamides is 1. The standard InChI is InChI=1S/C15H18N2O4S/c1-3-6-16-14-5-4-13(8-15(14)20-2)22(18,19)17-9-11-7-12(10-17)21-11/h1,4-5,8,11-12,16H,6-7,9-10H2,2H3. The van der Waals surface area contributed by atoms with Crippen molar-refractivity contribution in [1.82, 2.24) is 4.31 Å². The molecule has 1 aromatic rings. The number of methoxy groups -OCH3 is 1. The minimum absolute atomic E-state index is 0.0342. The van der Waals surface area contributed by atoms with E-state index in [9.17, 15) is 8.42 Å². The lowest BCUT2D eigenvalue weighted by Crippen LogP contribution is -2.58. The molecule has 4 rings (SSSR count). The van der Waals surface area contributed by atoms with E-state index in [0.29, 0.717) is 31.1 Å². The first-order valence-electron chi connectivity index (χ1n) is 7.05. The van der Waals surface area contributed by atoms with Gasteiger partial charge in [0.05, 0.1) is 36.4 Å². The molecule has 0 saturated carbocycles. The minimum atomic E-state index is -3.53. The van der Waals surface area contributed by atoms with Gasteiger partial charge in [-0.25, -0.2) is 8.42 Å². The molecular formula is C15H18N2O4S. The fourth-order valence-corrected chi connectivity index (χ4v) is 4.31. The number of anilines is 1. The Morgan fingerprint density at radius 3 is 2.73 bits per heavy atom. The SMILES string of the molecule is C#CCNc1ccc(S(=O)(=O)N2CC3CC(C2)O3)cc1OC. The third-order valence-electron chi connectivity index (χ3n) is 3.92. The number of terminal acetylenes is 1. The first-order chi connectivity index (χ1) is 10.5. The molecule has 0 aromatic heterocycles. The van der Waals surface area contributed by atoms with Crippen LogP contribution in [0.5, 0.6) is 5.75 Å². The first kappa shape index (κ1) is 15.2. The van der Waals surface area contributed by atoms with E-state index in [4.69, 9.17) is 15.9 Å². The minimum Gasteiger partial charge on any atom is -0.495 e. The molecule has 7 heteroatoms. The van der Waals surface area contributed by atoms with Crippen LogP contribution >= 0.6 is 0 Å². The molecule has 3 fully saturated rings. The summed E-state index contributed by atoms with van der Waals surface area (Å²) in [6.45, 7) is 1.17. The van der Waals surface area contributed by atoms with Crippen molar-refractivity contribution in [3.05, 3.63) is 18.2 Å². The van der Waals surface area contributed by atoms with E-state index >= 15 is 0 Å². The van der Waals surface area contributed by atoms with E-state index in [1.54, 1.807) is 12.1 Å². The fraction of sp³-hybridized carbons (Fsp3) is 0.467. The largest absolute Gasteiger partial charge is 0.495 e. The van der Waals surface area contributed by atoms with E-state index in [-0.39, 0.29) is 17.1 Å². The fourth-order valence-electron chi connectivity index (χ4n) is 2.79. The Balaban J connectivity index is 1.85. The van der Waals surface area contributed by atoms with Gasteiger partial charge in [0.25, 0.3) is 0 Å². The van der Waals surface area contributed by atoms with Gasteiger partial charge in [0.2, 0.25) is 10.0 Å². The van der Waals surface area contributed by atoms with Gasteiger partial charge in [0.1, 0.15) is 5.75 Å². The summed E-state index contributed by atoms with van der Waals surface area (Å²) in [6, 6.07) is 4.76. The zero-order chi connectivity index (χ0) is 15.7. The predicted octanol–water partition coefficient (Wildman–Crippen LogP) is 0.902. The van der Waals surface area contributed by atoms with Gasteiger partial charge in [-0.15, -0.1) is 6.42 Å². The Bertz CT molecular complexity index is 695. The van der Waals surface area contributed by atoms with Crippen LogP contribution in [0.4, 0.5) is 5.69 Å². The molecule has 0 spiro atoms. The van der Waals surface area contributed by atoms with Gasteiger partial charge in [-0.3, -0.25) is 0 Å². The molecule has 0 amide bonds. The van der Waals surface area contributed by atoms with Crippen molar-refractivity contribution in [2.75, 3.05) is 32.1 Å². The number of nitrogens with one attached hydrogen (secondary N) is 1. The van der Waals surface area contributed by atoms with E-state index in [1.807, 2.05) is 0 Å². The molecule has 0 radical (unpaired) electrons. The third kappa shape index (κ3) is 2.65. The normalized spacial score (nSPS) is 24.2. The molecule has 1 aromatic carbocycles. The van der Waals surface area contributed by atoms with Crippen LogP contribution in [-0.2, 0) is 14.8 Å². The smallest absolute Gasteiger partial charge is 0.243 e. The van der Waals surface area contributed by atoms with E-state index in [0.717, 1.165) is 6.42 Å². The molecular weight excluding hydrogens is 304 g/mol. The number of benzene rings is 1. The van der Waals surface area contributed by atoms with Crippen molar-refractivity contribution in [3.8, 4) is 18.1 Å². The maximum absolute atomic E-state index is 12.7. The van der Waals surface area contributed by atoms with Crippen LogP contribution < -0.4 is 10.1 Å². The highest BCUT2D eigenvalue weighted by Gasteiger charge is 2.43. The highest BCUT2D eigenvalue weighted by atomic mass is 32.2. The van der Waals surface area contributed by atoms with Crippen LogP contribution in [0.15, 0.2) is 23.1 Å². The van der Waals surface area contributed by atoms with Crippen LogP contribution in [0.2, 0.25) is 0 Å². The van der Waals surface area contributed by atoms with Gasteiger partial charge >= 0.3 is 0 Å². The number of piperidine rings is 1. The molecule has 2 bridgehead atoms. The molecule has 1 N–H and O–H groups in total. The number of morpholine rings is 1. The summed E-state index contributed by atoms with van der Waals surface area (Å²) in [6.07, 6.45) is 6.23. The van der Waals surface area contributed by atoms with E-state index in [1.165, 1.54) is 17.5 Å². The van der Waals surface area contributed by atoms with Crippen LogP contribution in [0.1, 0.15) is 6.42 Å². The van der Waals surface area contributed by atoms with Crippen molar-refractivity contribution in [2.45, 2.75) is 23.5 Å². The molecule has 0 aliphatic carbocycles. The van der Waals surface area contributed by atoms with Gasteiger partial charge in [0.15, 0.2) is 0 Å². The molecule has 3 saturated heterocycles. The molecule has 118 valence electrons. The Hall–Kier alpha value is -1.75. The van der Waals surface area contributed by atoms with Crippen LogP contribution in [0.25, 0.3) is 0 Å². The lowest BCUT2D eigenvalue weighted by molar-refractivity contribution is -0.164. The van der Waals surface area contributed by atoms with Gasteiger partial charge in [-0.1, -0.05) is 5.92 Å². The Morgan fingerprint density at radius 1 is 1.45 bits per heavy atom. The van der Waals surface area contributed by atoms with Gasteiger partial charge < -0.3 is 14.8 Å². The van der Waals surface area contributed by atoms with Crippen molar-refractivity contribution in [3.63, 3.8) is 0 Å². The number of hydrogen-bond acceptors (Lipinski definition) is 5. The van der Waals surface area contributed by atoms with Crippen molar-refractivity contribution >= 4 is 15.7 Å². The van der Waals surface area contributed by atoms with Gasteiger partial charge in [0, 0.05) is 25.6 Å². The molecule has 3 aliphatic heterocycles. The third-order valence-corrected chi connectivity index (χ3v) is 5.74. The number of nitrogens with zero attached hydrogens (tertiary/aromatic N) is 1. The van der Waals surface area contributed by atoms with Gasteiger partial charge in [-0.05, 0) is 12.1 Å². The highest BCUT2D eigenvalue weighted by molar-refractivity contribution is 7.89. The second-order valence-corrected chi connectivity index (χ2v) is 7.30. The number of hydrogen-bond donors (Lipinski definition) is 1. The molecule has 22 heavy (non-hydrogen) atoms. The summed E-state index contributed by atoms with van der Waals surface area (Å²) >= 11 is 0.